The molecule has 3 atom stereocenters. The van der Waals surface area contributed by atoms with Crippen molar-refractivity contribution >= 4 is 21.6 Å². The number of carbonyl (C=O) groups is 1. The van der Waals surface area contributed by atoms with Gasteiger partial charge in [-0.15, -0.1) is 0 Å². The van der Waals surface area contributed by atoms with E-state index in [0.29, 0.717) is 17.5 Å². The van der Waals surface area contributed by atoms with Crippen LogP contribution in [0.2, 0.25) is 0 Å². The van der Waals surface area contributed by atoms with Gasteiger partial charge in [-0.1, -0.05) is 12.2 Å². The van der Waals surface area contributed by atoms with Crippen LogP contribution in [0.15, 0.2) is 41.3 Å². The molecule has 0 saturated heterocycles. The number of hydrogen-bond acceptors (Lipinski definition) is 3. The molecule has 1 aromatic carbocycles. The minimum Gasteiger partial charge on any atom is -0.326 e. The molecule has 1 amide bonds. The van der Waals surface area contributed by atoms with Gasteiger partial charge >= 0.3 is 0 Å². The van der Waals surface area contributed by atoms with Gasteiger partial charge in [0.15, 0.2) is 0 Å². The lowest BCUT2D eigenvalue weighted by Gasteiger charge is -2.17. The SMILES string of the molecule is CNS(=O)(=O)c1ccc(NC(=O)[C@@H]2C[C@H]3C=C[C@@H]2C3)cc1. The second kappa shape index (κ2) is 5.27. The molecule has 1 fully saturated rings. The van der Waals surface area contributed by atoms with Gasteiger partial charge in [-0.2, -0.15) is 0 Å². The Morgan fingerprint density at radius 1 is 1.14 bits per heavy atom. The van der Waals surface area contributed by atoms with Crippen LogP contribution in [0.25, 0.3) is 0 Å². The molecule has 1 aromatic rings. The van der Waals surface area contributed by atoms with Crippen LogP contribution in [-0.2, 0) is 14.8 Å². The molecule has 112 valence electrons. The normalized spacial score (nSPS) is 27.0. The monoisotopic (exact) mass is 306 g/mol. The first-order valence-corrected chi connectivity index (χ1v) is 8.51. The molecule has 0 heterocycles. The zero-order valence-electron chi connectivity index (χ0n) is 11.7. The number of amides is 1. The first-order valence-electron chi connectivity index (χ1n) is 7.02. The third kappa shape index (κ3) is 2.73. The van der Waals surface area contributed by atoms with Crippen molar-refractivity contribution in [2.45, 2.75) is 17.7 Å². The van der Waals surface area contributed by atoms with E-state index in [1.807, 2.05) is 0 Å². The molecule has 0 unspecified atom stereocenters. The fourth-order valence-corrected chi connectivity index (χ4v) is 3.88. The molecule has 2 aliphatic carbocycles. The third-order valence-electron chi connectivity index (χ3n) is 4.32. The quantitative estimate of drug-likeness (QED) is 0.832. The maximum absolute atomic E-state index is 12.3. The first kappa shape index (κ1) is 14.3. The summed E-state index contributed by atoms with van der Waals surface area (Å²) in [6, 6.07) is 6.21. The number of sulfonamides is 1. The van der Waals surface area contributed by atoms with E-state index in [2.05, 4.69) is 22.2 Å². The van der Waals surface area contributed by atoms with Gasteiger partial charge < -0.3 is 5.32 Å². The Kier molecular flexibility index (Phi) is 3.59. The van der Waals surface area contributed by atoms with Crippen LogP contribution < -0.4 is 10.0 Å². The molecule has 1 saturated carbocycles. The summed E-state index contributed by atoms with van der Waals surface area (Å²) in [6.45, 7) is 0. The predicted molar refractivity (Wildman–Crippen MR) is 80.2 cm³/mol. The van der Waals surface area contributed by atoms with Crippen molar-refractivity contribution in [2.75, 3.05) is 12.4 Å². The van der Waals surface area contributed by atoms with Crippen LogP contribution in [-0.4, -0.2) is 21.4 Å². The zero-order chi connectivity index (χ0) is 15.0. The molecule has 2 N–H and O–H groups in total. The van der Waals surface area contributed by atoms with E-state index in [0.717, 1.165) is 12.8 Å². The van der Waals surface area contributed by atoms with Crippen molar-refractivity contribution in [3.8, 4) is 0 Å². The topological polar surface area (TPSA) is 75.3 Å². The Bertz CT molecular complexity index is 679. The standard InChI is InChI=1S/C15H18N2O3S/c1-16-21(19,20)13-6-4-12(5-7-13)17-15(18)14-9-10-2-3-11(14)8-10/h2-7,10-11,14,16H,8-9H2,1H3,(H,17,18)/t10-,11+,14+/m0/s1. The second-order valence-electron chi connectivity index (χ2n) is 5.61. The molecule has 0 spiro atoms. The van der Waals surface area contributed by atoms with Crippen LogP contribution in [0, 0.1) is 17.8 Å². The lowest BCUT2D eigenvalue weighted by atomic mass is 9.93. The van der Waals surface area contributed by atoms with Crippen LogP contribution in [0.1, 0.15) is 12.8 Å². The van der Waals surface area contributed by atoms with Crippen LogP contribution >= 0.6 is 0 Å². The lowest BCUT2D eigenvalue weighted by molar-refractivity contribution is -0.120. The Morgan fingerprint density at radius 2 is 1.86 bits per heavy atom. The van der Waals surface area contributed by atoms with Gasteiger partial charge in [0.05, 0.1) is 4.90 Å². The summed E-state index contributed by atoms with van der Waals surface area (Å²) in [4.78, 5) is 12.5. The number of fused-ring (bicyclic) bond motifs is 2. The lowest BCUT2D eigenvalue weighted by Crippen LogP contribution is -2.26. The molecular formula is C15H18N2O3S. The number of allylic oxidation sites excluding steroid dienone is 2. The van der Waals surface area contributed by atoms with E-state index in [1.54, 1.807) is 12.1 Å². The van der Waals surface area contributed by atoms with E-state index in [-0.39, 0.29) is 16.7 Å². The molecular weight excluding hydrogens is 288 g/mol. The molecule has 0 radical (unpaired) electrons. The van der Waals surface area contributed by atoms with Gasteiger partial charge in [0, 0.05) is 11.6 Å². The highest BCUT2D eigenvalue weighted by Crippen LogP contribution is 2.43. The molecule has 21 heavy (non-hydrogen) atoms. The number of rotatable bonds is 4. The largest absolute Gasteiger partial charge is 0.326 e. The number of benzene rings is 1. The van der Waals surface area contributed by atoms with Crippen molar-refractivity contribution in [1.29, 1.82) is 0 Å². The van der Waals surface area contributed by atoms with Gasteiger partial charge in [0.25, 0.3) is 0 Å². The van der Waals surface area contributed by atoms with Gasteiger partial charge in [0.1, 0.15) is 0 Å². The summed E-state index contributed by atoms with van der Waals surface area (Å²) in [5.74, 6) is 0.977. The van der Waals surface area contributed by atoms with Crippen LogP contribution in [0.3, 0.4) is 0 Å². The summed E-state index contributed by atoms with van der Waals surface area (Å²) in [6.07, 6.45) is 6.34. The summed E-state index contributed by atoms with van der Waals surface area (Å²) in [7, 11) is -2.07. The smallest absolute Gasteiger partial charge is 0.240 e. The van der Waals surface area contributed by atoms with Crippen molar-refractivity contribution in [3.05, 3.63) is 36.4 Å². The van der Waals surface area contributed by atoms with E-state index >= 15 is 0 Å². The maximum atomic E-state index is 12.3. The van der Waals surface area contributed by atoms with Gasteiger partial charge in [-0.25, -0.2) is 13.1 Å². The van der Waals surface area contributed by atoms with Gasteiger partial charge in [-0.3, -0.25) is 4.79 Å². The van der Waals surface area contributed by atoms with Crippen molar-refractivity contribution < 1.29 is 13.2 Å². The van der Waals surface area contributed by atoms with Crippen LogP contribution in [0.4, 0.5) is 5.69 Å². The molecule has 2 aliphatic rings. The Labute approximate surface area is 124 Å². The number of nitrogens with one attached hydrogen (secondary N) is 2. The fraction of sp³-hybridized carbons (Fsp3) is 0.400. The highest BCUT2D eigenvalue weighted by Gasteiger charge is 2.39. The molecule has 6 heteroatoms. The average Bonchev–Trinajstić information content (AvgIpc) is 3.10. The molecule has 3 rings (SSSR count). The summed E-state index contributed by atoms with van der Waals surface area (Å²) in [5.41, 5.74) is 0.627. The minimum atomic E-state index is -3.44. The number of anilines is 1. The average molecular weight is 306 g/mol. The predicted octanol–water partition coefficient (Wildman–Crippen LogP) is 1.75. The summed E-state index contributed by atoms with van der Waals surface area (Å²) in [5, 5.41) is 2.88. The highest BCUT2D eigenvalue weighted by atomic mass is 32.2. The van der Waals surface area contributed by atoms with Crippen molar-refractivity contribution in [3.63, 3.8) is 0 Å². The van der Waals surface area contributed by atoms with E-state index in [4.69, 9.17) is 0 Å². The molecule has 2 bridgehead atoms. The summed E-state index contributed by atoms with van der Waals surface area (Å²) < 4.78 is 25.5. The Hall–Kier alpha value is -1.66. The highest BCUT2D eigenvalue weighted by molar-refractivity contribution is 7.89. The summed E-state index contributed by atoms with van der Waals surface area (Å²) >= 11 is 0. The minimum absolute atomic E-state index is 0.0241. The second-order valence-corrected chi connectivity index (χ2v) is 7.49. The maximum Gasteiger partial charge on any atom is 0.240 e. The zero-order valence-corrected chi connectivity index (χ0v) is 12.6. The molecule has 0 aliphatic heterocycles. The van der Waals surface area contributed by atoms with Crippen molar-refractivity contribution in [2.24, 2.45) is 17.8 Å². The number of carbonyl (C=O) groups excluding carboxylic acids is 1. The molecule has 0 aromatic heterocycles. The van der Waals surface area contributed by atoms with Crippen LogP contribution in [0.5, 0.6) is 0 Å². The first-order chi connectivity index (χ1) is 9.99. The fourth-order valence-electron chi connectivity index (χ4n) is 3.15. The molecule has 5 nitrogen and oxygen atoms in total. The number of hydrogen-bond donors (Lipinski definition) is 2. The van der Waals surface area contributed by atoms with Gasteiger partial charge in [-0.05, 0) is 56.0 Å². The Balaban J connectivity index is 1.68. The third-order valence-corrected chi connectivity index (χ3v) is 5.75. The van der Waals surface area contributed by atoms with Crippen molar-refractivity contribution in [1.82, 2.24) is 4.72 Å². The van der Waals surface area contributed by atoms with E-state index in [9.17, 15) is 13.2 Å². The Morgan fingerprint density at radius 3 is 2.38 bits per heavy atom. The van der Waals surface area contributed by atoms with Gasteiger partial charge in [0.2, 0.25) is 15.9 Å². The van der Waals surface area contributed by atoms with E-state index < -0.39 is 10.0 Å². The van der Waals surface area contributed by atoms with E-state index in [1.165, 1.54) is 19.2 Å².